The zero-order valence-corrected chi connectivity index (χ0v) is 32.8. The summed E-state index contributed by atoms with van der Waals surface area (Å²) in [5, 5.41) is 0. The third-order valence-corrected chi connectivity index (χ3v) is 9.28. The van der Waals surface area contributed by atoms with Crippen molar-refractivity contribution < 1.29 is 15.9 Å². The molecular weight excluding hydrogens is 786 g/mol. The molecule has 6 aromatic carbocycles. The third-order valence-electron chi connectivity index (χ3n) is 9.28. The summed E-state index contributed by atoms with van der Waals surface area (Å²) in [7, 11) is 9.63. The van der Waals surface area contributed by atoms with E-state index in [4.69, 9.17) is 19.1 Å². The van der Waals surface area contributed by atoms with Gasteiger partial charge in [-0.1, -0.05) is 146 Å². The van der Waals surface area contributed by atoms with E-state index in [2.05, 4.69) is 203 Å². The van der Waals surface area contributed by atoms with E-state index >= 15 is 0 Å². The SMILES string of the molecule is [C]1N(CCc2ccccc2)c2ccccc2N1CCc1ccccc1.[C]1N(CCc2ccccc2)c2ccccc2N1CCc1ccccc1.[Cl][Pd][Cl]. The first-order valence-electron chi connectivity index (χ1n) is 18.0. The Kier molecular flexibility index (Phi) is 15.1. The van der Waals surface area contributed by atoms with E-state index in [1.54, 1.807) is 0 Å². The molecule has 2 heterocycles. The Morgan fingerprint density at radius 3 is 0.717 bits per heavy atom. The minimum atomic E-state index is -0.106. The van der Waals surface area contributed by atoms with Crippen molar-refractivity contribution in [3.8, 4) is 0 Å². The van der Waals surface area contributed by atoms with Crippen molar-refractivity contribution in [3.05, 3.63) is 205 Å². The van der Waals surface area contributed by atoms with E-state index < -0.39 is 0 Å². The molecule has 0 saturated carbocycles. The molecule has 0 bridgehead atoms. The maximum absolute atomic E-state index is 4.81. The molecule has 2 aliphatic rings. The fraction of sp³-hybridized carbons (Fsp3) is 0.174. The van der Waals surface area contributed by atoms with Gasteiger partial charge in [-0.25, -0.2) is 0 Å². The molecule has 4 nitrogen and oxygen atoms in total. The Hall–Kier alpha value is -4.24. The number of hydrogen-bond donors (Lipinski definition) is 0. The first kappa shape index (κ1) is 38.5. The summed E-state index contributed by atoms with van der Waals surface area (Å²) in [4.78, 5) is 9.03. The fourth-order valence-electron chi connectivity index (χ4n) is 6.57. The van der Waals surface area contributed by atoms with Gasteiger partial charge < -0.3 is 19.6 Å². The van der Waals surface area contributed by atoms with Gasteiger partial charge in [0.15, 0.2) is 0 Å². The topological polar surface area (TPSA) is 13.0 Å². The molecule has 0 aromatic heterocycles. The average Bonchev–Trinajstić information content (AvgIpc) is 3.77. The van der Waals surface area contributed by atoms with Crippen LogP contribution < -0.4 is 19.6 Å². The van der Waals surface area contributed by atoms with Gasteiger partial charge in [0.25, 0.3) is 0 Å². The molecule has 272 valence electrons. The van der Waals surface area contributed by atoms with Crippen molar-refractivity contribution in [1.29, 1.82) is 0 Å². The summed E-state index contributed by atoms with van der Waals surface area (Å²) in [5.74, 6) is 0. The molecule has 0 fully saturated rings. The summed E-state index contributed by atoms with van der Waals surface area (Å²) in [5.41, 5.74) is 10.5. The summed E-state index contributed by atoms with van der Waals surface area (Å²) >= 11 is -0.106. The summed E-state index contributed by atoms with van der Waals surface area (Å²) in [6.45, 7) is 10.9. The van der Waals surface area contributed by atoms with Crippen molar-refractivity contribution in [2.24, 2.45) is 0 Å². The van der Waals surface area contributed by atoms with Gasteiger partial charge in [0, 0.05) is 26.2 Å². The molecular formula is C46H44Cl2N4Pd. The monoisotopic (exact) mass is 828 g/mol. The maximum atomic E-state index is 4.81. The molecule has 0 N–H and O–H groups in total. The van der Waals surface area contributed by atoms with Gasteiger partial charge in [-0.05, 0) is 72.2 Å². The van der Waals surface area contributed by atoms with Crippen LogP contribution in [0.15, 0.2) is 170 Å². The van der Waals surface area contributed by atoms with Crippen molar-refractivity contribution in [3.63, 3.8) is 0 Å². The van der Waals surface area contributed by atoms with E-state index in [1.807, 2.05) is 0 Å². The van der Waals surface area contributed by atoms with Gasteiger partial charge >= 0.3 is 35.0 Å². The molecule has 7 heteroatoms. The Morgan fingerprint density at radius 2 is 0.509 bits per heavy atom. The summed E-state index contributed by atoms with van der Waals surface area (Å²) in [6, 6.07) is 59.8. The molecule has 0 atom stereocenters. The van der Waals surface area contributed by atoms with Gasteiger partial charge in [0.05, 0.1) is 22.7 Å². The second kappa shape index (κ2) is 20.9. The van der Waals surface area contributed by atoms with Crippen molar-refractivity contribution in [1.82, 2.24) is 0 Å². The van der Waals surface area contributed by atoms with E-state index in [0.717, 1.165) is 51.9 Å². The molecule has 8 rings (SSSR count). The number of anilines is 4. The van der Waals surface area contributed by atoms with Gasteiger partial charge in [-0.15, -0.1) is 0 Å². The van der Waals surface area contributed by atoms with Crippen LogP contribution >= 0.6 is 19.1 Å². The van der Waals surface area contributed by atoms with Crippen LogP contribution in [0.1, 0.15) is 22.3 Å². The van der Waals surface area contributed by atoms with Gasteiger partial charge in [0.1, 0.15) is 0 Å². The minimum absolute atomic E-state index is 0.106. The molecule has 0 saturated heterocycles. The molecule has 4 radical (unpaired) electrons. The van der Waals surface area contributed by atoms with Crippen LogP contribution in [-0.2, 0) is 41.6 Å². The standard InChI is InChI=1S/2C23H22N2.2ClH.Pd/c2*1-3-9-20(10-4-1)15-17-24-19-25(23-14-8-7-13-22(23)24)18-16-21-11-5-2-6-12-21;;;/h2*1-14H,15-18H2;2*1H;/q;;;;+2/p-2. The van der Waals surface area contributed by atoms with E-state index in [-0.39, 0.29) is 15.9 Å². The number of benzene rings is 6. The van der Waals surface area contributed by atoms with Crippen LogP contribution in [0.25, 0.3) is 0 Å². The van der Waals surface area contributed by atoms with E-state index in [9.17, 15) is 0 Å². The molecule has 0 amide bonds. The van der Waals surface area contributed by atoms with Crippen LogP contribution in [0.2, 0.25) is 0 Å². The second-order valence-corrected chi connectivity index (χ2v) is 15.1. The predicted molar refractivity (Wildman–Crippen MR) is 221 cm³/mol. The number of nitrogens with zero attached hydrogens (tertiary/aromatic N) is 4. The normalized spacial score (nSPS) is 12.8. The summed E-state index contributed by atoms with van der Waals surface area (Å²) < 4.78 is 0. The molecule has 0 aliphatic carbocycles. The zero-order chi connectivity index (χ0) is 36.5. The van der Waals surface area contributed by atoms with Crippen LogP contribution in [0.3, 0.4) is 0 Å². The number of rotatable bonds is 12. The molecule has 53 heavy (non-hydrogen) atoms. The van der Waals surface area contributed by atoms with Crippen LogP contribution in [0.4, 0.5) is 22.7 Å². The number of fused-ring (bicyclic) bond motifs is 2. The van der Waals surface area contributed by atoms with Crippen molar-refractivity contribution in [2.75, 3.05) is 45.8 Å². The first-order valence-corrected chi connectivity index (χ1v) is 22.0. The van der Waals surface area contributed by atoms with Crippen LogP contribution in [-0.4, -0.2) is 26.2 Å². The number of para-hydroxylation sites is 4. The molecule has 2 aliphatic heterocycles. The zero-order valence-electron chi connectivity index (χ0n) is 29.7. The van der Waals surface area contributed by atoms with Crippen molar-refractivity contribution in [2.45, 2.75) is 25.7 Å². The first-order chi connectivity index (χ1) is 26.2. The number of halogens is 2. The molecule has 0 unspecified atom stereocenters. The van der Waals surface area contributed by atoms with Gasteiger partial charge in [0.2, 0.25) is 13.3 Å². The second-order valence-electron chi connectivity index (χ2n) is 12.8. The third kappa shape index (κ3) is 11.4. The van der Waals surface area contributed by atoms with Crippen molar-refractivity contribution >= 4 is 41.8 Å². The van der Waals surface area contributed by atoms with Gasteiger partial charge in [-0.2, -0.15) is 0 Å². The van der Waals surface area contributed by atoms with Crippen LogP contribution in [0.5, 0.6) is 0 Å². The molecule has 6 aromatic rings. The Morgan fingerprint density at radius 1 is 0.321 bits per heavy atom. The van der Waals surface area contributed by atoms with E-state index in [0.29, 0.717) is 0 Å². The van der Waals surface area contributed by atoms with Gasteiger partial charge in [-0.3, -0.25) is 0 Å². The molecule has 0 spiro atoms. The predicted octanol–water partition coefficient (Wildman–Crippen LogP) is 11.0. The average molecular weight is 830 g/mol. The Bertz CT molecular complexity index is 1640. The van der Waals surface area contributed by atoms with Crippen LogP contribution in [0, 0.1) is 13.3 Å². The summed E-state index contributed by atoms with van der Waals surface area (Å²) in [6.07, 6.45) is 4.09. The number of hydrogen-bond acceptors (Lipinski definition) is 4. The Balaban J connectivity index is 0.000000169. The fourth-order valence-corrected chi connectivity index (χ4v) is 6.57. The Labute approximate surface area is 332 Å². The quantitative estimate of drug-likeness (QED) is 0.114. The van der Waals surface area contributed by atoms with E-state index in [1.165, 1.54) is 45.0 Å².